The molecule has 6 rings (SSSR count). The van der Waals surface area contributed by atoms with Crippen molar-refractivity contribution >= 4 is 43.6 Å². The lowest BCUT2D eigenvalue weighted by atomic mass is 10.2. The molecule has 4 nitrogen and oxygen atoms in total. The first-order valence-electron chi connectivity index (χ1n) is 11.1. The highest BCUT2D eigenvalue weighted by atomic mass is 14.9. The molecule has 0 unspecified atom stereocenters. The van der Waals surface area contributed by atoms with Crippen molar-refractivity contribution in [2.75, 3.05) is 0 Å². The van der Waals surface area contributed by atoms with Gasteiger partial charge < -0.3 is 9.97 Å². The largest absolute Gasteiger partial charge is 0.350 e. The summed E-state index contributed by atoms with van der Waals surface area (Å²) < 4.78 is 4.61. The van der Waals surface area contributed by atoms with E-state index in [4.69, 9.17) is 0 Å². The van der Waals surface area contributed by atoms with Crippen LogP contribution < -0.4 is 9.13 Å². The number of aryl methyl sites for hydroxylation is 2. The maximum Gasteiger partial charge on any atom is 0.193 e. The number of fused-ring (bicyclic) bond motifs is 6. The van der Waals surface area contributed by atoms with Gasteiger partial charge in [0.1, 0.15) is 24.1 Å². The van der Waals surface area contributed by atoms with E-state index in [0.29, 0.717) is 0 Å². The SMILES string of the molecule is c1ccc2c(c1)[nH]c1c[n+](CCCCC[n+]3ccc4c(c3)[nH]c3ccccc34)ccc12. The Morgan fingerprint density at radius 1 is 0.484 bits per heavy atom. The number of benzene rings is 2. The van der Waals surface area contributed by atoms with E-state index in [1.54, 1.807) is 0 Å². The van der Waals surface area contributed by atoms with Crippen LogP contribution in [0.25, 0.3) is 43.6 Å². The van der Waals surface area contributed by atoms with Crippen LogP contribution in [0.1, 0.15) is 19.3 Å². The Bertz CT molecular complexity index is 1410. The number of nitrogens with zero attached hydrogens (tertiary/aromatic N) is 2. The third-order valence-corrected chi connectivity index (χ3v) is 6.34. The Balaban J connectivity index is 1.08. The summed E-state index contributed by atoms with van der Waals surface area (Å²) in [7, 11) is 0. The van der Waals surface area contributed by atoms with Gasteiger partial charge in [-0.05, 0) is 18.6 Å². The summed E-state index contributed by atoms with van der Waals surface area (Å²) >= 11 is 0. The summed E-state index contributed by atoms with van der Waals surface area (Å²) in [5.74, 6) is 0. The first kappa shape index (κ1) is 18.1. The number of hydrogen-bond donors (Lipinski definition) is 2. The van der Waals surface area contributed by atoms with Gasteiger partial charge in [0.05, 0.1) is 0 Å². The second-order valence-electron chi connectivity index (χ2n) is 8.42. The Kier molecular flexibility index (Phi) is 4.42. The van der Waals surface area contributed by atoms with Gasteiger partial charge in [-0.15, -0.1) is 0 Å². The predicted octanol–water partition coefficient (Wildman–Crippen LogP) is 5.40. The Hall–Kier alpha value is -3.66. The van der Waals surface area contributed by atoms with Crippen molar-refractivity contribution in [3.8, 4) is 0 Å². The minimum absolute atomic E-state index is 1.05. The average Bonchev–Trinajstić information content (AvgIpc) is 3.36. The van der Waals surface area contributed by atoms with Gasteiger partial charge in [-0.1, -0.05) is 36.4 Å². The third kappa shape index (κ3) is 3.34. The van der Waals surface area contributed by atoms with E-state index in [9.17, 15) is 0 Å². The summed E-state index contributed by atoms with van der Waals surface area (Å²) in [5, 5.41) is 5.20. The zero-order chi connectivity index (χ0) is 20.6. The summed E-state index contributed by atoms with van der Waals surface area (Å²) in [4.78, 5) is 7.08. The van der Waals surface area contributed by atoms with Crippen molar-refractivity contribution in [2.24, 2.45) is 0 Å². The van der Waals surface area contributed by atoms with Gasteiger partial charge in [-0.2, -0.15) is 0 Å². The number of aromatic amines is 2. The molecule has 2 aromatic carbocycles. The van der Waals surface area contributed by atoms with Crippen molar-refractivity contribution in [2.45, 2.75) is 32.4 Å². The number of unbranched alkanes of at least 4 members (excludes halogenated alkanes) is 2. The first-order chi connectivity index (χ1) is 15.3. The fourth-order valence-corrected chi connectivity index (χ4v) is 4.73. The molecule has 0 aliphatic carbocycles. The molecule has 6 aromatic rings. The van der Waals surface area contributed by atoms with Crippen LogP contribution in [-0.2, 0) is 13.1 Å². The van der Waals surface area contributed by atoms with Gasteiger partial charge in [-0.25, -0.2) is 9.13 Å². The minimum Gasteiger partial charge on any atom is -0.350 e. The van der Waals surface area contributed by atoms with Gasteiger partial charge in [0.25, 0.3) is 0 Å². The third-order valence-electron chi connectivity index (χ3n) is 6.34. The number of hydrogen-bond acceptors (Lipinski definition) is 0. The van der Waals surface area contributed by atoms with Gasteiger partial charge in [0.2, 0.25) is 0 Å². The van der Waals surface area contributed by atoms with Crippen molar-refractivity contribution in [3.05, 3.63) is 85.5 Å². The lowest BCUT2D eigenvalue weighted by molar-refractivity contribution is -0.699. The van der Waals surface area contributed by atoms with E-state index in [-0.39, 0.29) is 0 Å². The molecule has 0 spiro atoms. The van der Waals surface area contributed by atoms with Crippen molar-refractivity contribution in [1.82, 2.24) is 9.97 Å². The Labute approximate surface area is 180 Å². The van der Waals surface area contributed by atoms with Crippen LogP contribution in [0.4, 0.5) is 0 Å². The molecule has 31 heavy (non-hydrogen) atoms. The molecule has 0 atom stereocenters. The summed E-state index contributed by atoms with van der Waals surface area (Å²) in [6.07, 6.45) is 12.5. The molecule has 0 amide bonds. The van der Waals surface area contributed by atoms with Crippen LogP contribution >= 0.6 is 0 Å². The molecule has 152 valence electrons. The van der Waals surface area contributed by atoms with Crippen molar-refractivity contribution in [1.29, 1.82) is 0 Å². The number of rotatable bonds is 6. The van der Waals surface area contributed by atoms with E-state index in [1.807, 2.05) is 0 Å². The predicted molar refractivity (Wildman–Crippen MR) is 126 cm³/mol. The minimum atomic E-state index is 1.05. The van der Waals surface area contributed by atoms with E-state index in [0.717, 1.165) is 13.1 Å². The number of pyridine rings is 2. The molecule has 0 aliphatic rings. The quantitative estimate of drug-likeness (QED) is 0.275. The van der Waals surface area contributed by atoms with Gasteiger partial charge in [0.15, 0.2) is 24.8 Å². The maximum atomic E-state index is 3.54. The van der Waals surface area contributed by atoms with Gasteiger partial charge >= 0.3 is 0 Å². The van der Waals surface area contributed by atoms with E-state index >= 15 is 0 Å². The van der Waals surface area contributed by atoms with Crippen molar-refractivity contribution < 1.29 is 9.13 Å². The van der Waals surface area contributed by atoms with Crippen LogP contribution in [0.2, 0.25) is 0 Å². The molecule has 0 fully saturated rings. The fourth-order valence-electron chi connectivity index (χ4n) is 4.73. The lowest BCUT2D eigenvalue weighted by Gasteiger charge is -1.99. The van der Waals surface area contributed by atoms with Crippen LogP contribution in [0.5, 0.6) is 0 Å². The van der Waals surface area contributed by atoms with Gasteiger partial charge in [-0.3, -0.25) is 0 Å². The second-order valence-corrected chi connectivity index (χ2v) is 8.42. The zero-order valence-corrected chi connectivity index (χ0v) is 17.5. The molecule has 0 bridgehead atoms. The highest BCUT2D eigenvalue weighted by Gasteiger charge is 2.10. The van der Waals surface area contributed by atoms with E-state index in [1.165, 1.54) is 62.9 Å². The van der Waals surface area contributed by atoms with Gasteiger partial charge in [0, 0.05) is 57.6 Å². The Morgan fingerprint density at radius 3 is 1.45 bits per heavy atom. The summed E-state index contributed by atoms with van der Waals surface area (Å²) in [6, 6.07) is 21.5. The topological polar surface area (TPSA) is 39.3 Å². The number of aromatic nitrogens is 4. The molecule has 4 heterocycles. The molecule has 4 heteroatoms. The smallest absolute Gasteiger partial charge is 0.193 e. The standard InChI is InChI=1S/C27H24N4/c1(6-14-30-16-12-22-20-8-2-4-10-24(20)28-26(22)18-30)7-15-31-17-13-23-21-9-3-5-11-25(21)29-27(23)19-31/h2-5,8-13,16-19H,1,6-7,14-15H2/p+2. The molecular formula is C27H26N4+2. The average molecular weight is 407 g/mol. The lowest BCUT2D eigenvalue weighted by Crippen LogP contribution is -2.34. The zero-order valence-electron chi connectivity index (χ0n) is 17.5. The first-order valence-corrected chi connectivity index (χ1v) is 11.1. The molecule has 0 saturated carbocycles. The van der Waals surface area contributed by atoms with Crippen LogP contribution in [0, 0.1) is 0 Å². The molecule has 0 aliphatic heterocycles. The van der Waals surface area contributed by atoms with E-state index < -0.39 is 0 Å². The highest BCUT2D eigenvalue weighted by Crippen LogP contribution is 2.24. The van der Waals surface area contributed by atoms with E-state index in [2.05, 4.69) is 105 Å². The van der Waals surface area contributed by atoms with Crippen molar-refractivity contribution in [3.63, 3.8) is 0 Å². The summed E-state index contributed by atoms with van der Waals surface area (Å²) in [6.45, 7) is 2.11. The molecule has 0 saturated heterocycles. The van der Waals surface area contributed by atoms with Crippen LogP contribution in [0.15, 0.2) is 85.5 Å². The number of H-pyrrole nitrogens is 2. The molecule has 2 N–H and O–H groups in total. The fraction of sp³-hybridized carbons (Fsp3) is 0.185. The molecule has 0 radical (unpaired) electrons. The highest BCUT2D eigenvalue weighted by molar-refractivity contribution is 6.07. The summed E-state index contributed by atoms with van der Waals surface area (Å²) in [5.41, 5.74) is 4.84. The normalized spacial score (nSPS) is 11.9. The number of para-hydroxylation sites is 2. The van der Waals surface area contributed by atoms with Crippen LogP contribution in [-0.4, -0.2) is 9.97 Å². The Morgan fingerprint density at radius 2 is 0.935 bits per heavy atom. The molecular weight excluding hydrogens is 380 g/mol. The second kappa shape index (κ2) is 7.55. The monoisotopic (exact) mass is 406 g/mol. The number of nitrogens with one attached hydrogen (secondary N) is 2. The van der Waals surface area contributed by atoms with Crippen LogP contribution in [0.3, 0.4) is 0 Å². The maximum absolute atomic E-state index is 3.54. The molecule has 4 aromatic heterocycles.